The lowest BCUT2D eigenvalue weighted by Gasteiger charge is -2.19. The lowest BCUT2D eigenvalue weighted by atomic mass is 10.1. The van der Waals surface area contributed by atoms with E-state index in [1.54, 1.807) is 41.3 Å². The zero-order valence-corrected chi connectivity index (χ0v) is 14.8. The number of carbonyl (C=O) groups excluding carboxylic acids is 2. The number of nitrogens with zero attached hydrogens (tertiary/aromatic N) is 1. The Bertz CT molecular complexity index is 880. The zero-order chi connectivity index (χ0) is 19.4. The van der Waals surface area contributed by atoms with Crippen LogP contribution in [0.4, 0.5) is 11.4 Å². The Morgan fingerprint density at radius 1 is 1.22 bits per heavy atom. The van der Waals surface area contributed by atoms with Crippen molar-refractivity contribution < 1.29 is 24.2 Å². The topological polar surface area (TPSA) is 95.9 Å². The average molecular weight is 368 g/mol. The zero-order valence-electron chi connectivity index (χ0n) is 14.8. The molecule has 0 radical (unpaired) electrons. The fraction of sp³-hybridized carbons (Fsp3) is 0.250. The minimum Gasteiger partial charge on any atom is -0.495 e. The molecule has 0 bridgehead atoms. The molecule has 2 aromatic rings. The van der Waals surface area contributed by atoms with Gasteiger partial charge in [-0.25, -0.2) is 0 Å². The summed E-state index contributed by atoms with van der Waals surface area (Å²) in [6.07, 6.45) is -0.00803. The van der Waals surface area contributed by atoms with Crippen LogP contribution in [0.2, 0.25) is 0 Å². The summed E-state index contributed by atoms with van der Waals surface area (Å²) < 4.78 is 5.30. The number of amides is 2. The summed E-state index contributed by atoms with van der Waals surface area (Å²) in [6, 6.07) is 13.9. The van der Waals surface area contributed by atoms with Crippen molar-refractivity contribution in [1.82, 2.24) is 0 Å². The van der Waals surface area contributed by atoms with Gasteiger partial charge < -0.3 is 20.1 Å². The maximum Gasteiger partial charge on any atom is 0.307 e. The van der Waals surface area contributed by atoms with Gasteiger partial charge >= 0.3 is 5.97 Å². The number of rotatable bonds is 6. The van der Waals surface area contributed by atoms with Gasteiger partial charge in [0.25, 0.3) is 0 Å². The van der Waals surface area contributed by atoms with E-state index in [0.29, 0.717) is 22.7 Å². The number of ether oxygens (including phenoxy) is 1. The first kappa shape index (κ1) is 18.4. The molecule has 1 aliphatic rings. The summed E-state index contributed by atoms with van der Waals surface area (Å²) in [4.78, 5) is 37.4. The van der Waals surface area contributed by atoms with Crippen LogP contribution in [0.3, 0.4) is 0 Å². The molecule has 0 aromatic heterocycles. The Morgan fingerprint density at radius 2 is 2.00 bits per heavy atom. The van der Waals surface area contributed by atoms with Crippen molar-refractivity contribution in [3.63, 3.8) is 0 Å². The quantitative estimate of drug-likeness (QED) is 0.816. The number of carbonyl (C=O) groups is 3. The number of hydrogen-bond donors (Lipinski definition) is 2. The van der Waals surface area contributed by atoms with E-state index in [1.807, 2.05) is 12.1 Å². The van der Waals surface area contributed by atoms with Crippen LogP contribution in [0.25, 0.3) is 0 Å². The molecule has 3 rings (SSSR count). The van der Waals surface area contributed by atoms with E-state index < -0.39 is 11.9 Å². The lowest BCUT2D eigenvalue weighted by Crippen LogP contribution is -2.28. The molecule has 0 aliphatic carbocycles. The molecule has 1 atom stereocenters. The van der Waals surface area contributed by atoms with Crippen molar-refractivity contribution in [2.24, 2.45) is 5.92 Å². The molecule has 2 aromatic carbocycles. The number of anilines is 2. The fourth-order valence-electron chi connectivity index (χ4n) is 3.15. The molecule has 7 heteroatoms. The molecule has 7 nitrogen and oxygen atoms in total. The number of benzene rings is 2. The van der Waals surface area contributed by atoms with E-state index in [9.17, 15) is 14.4 Å². The molecule has 27 heavy (non-hydrogen) atoms. The van der Waals surface area contributed by atoms with Crippen LogP contribution < -0.4 is 15.0 Å². The standard InChI is InChI=1S/C20H20N2O5/c1-27-17-8-3-2-7-16(17)22-12-14(11-18(22)23)20(26)21-15-6-4-5-13(9-15)10-19(24)25/h2-9,14H,10-12H2,1H3,(H,21,26)(H,24,25). The van der Waals surface area contributed by atoms with Gasteiger partial charge in [-0.2, -0.15) is 0 Å². The maximum atomic E-state index is 12.6. The first-order valence-electron chi connectivity index (χ1n) is 8.53. The highest BCUT2D eigenvalue weighted by molar-refractivity contribution is 6.04. The van der Waals surface area contributed by atoms with Crippen LogP contribution in [0, 0.1) is 5.92 Å². The Balaban J connectivity index is 1.70. The molecule has 1 saturated heterocycles. The minimum absolute atomic E-state index is 0.110. The third kappa shape index (κ3) is 4.25. The van der Waals surface area contributed by atoms with Crippen molar-refractivity contribution in [1.29, 1.82) is 0 Å². The van der Waals surface area contributed by atoms with Gasteiger partial charge in [-0.05, 0) is 29.8 Å². The monoisotopic (exact) mass is 368 g/mol. The summed E-state index contributed by atoms with van der Waals surface area (Å²) in [5, 5.41) is 11.7. The SMILES string of the molecule is COc1ccccc1N1CC(C(=O)Nc2cccc(CC(=O)O)c2)CC1=O. The number of para-hydroxylation sites is 2. The number of aliphatic carboxylic acids is 1. The van der Waals surface area contributed by atoms with E-state index in [0.717, 1.165) is 0 Å². The second-order valence-electron chi connectivity index (χ2n) is 6.34. The largest absolute Gasteiger partial charge is 0.495 e. The van der Waals surface area contributed by atoms with Crippen LogP contribution in [0.1, 0.15) is 12.0 Å². The Morgan fingerprint density at radius 3 is 2.74 bits per heavy atom. The summed E-state index contributed by atoms with van der Waals surface area (Å²) in [5.74, 6) is -1.27. The predicted molar refractivity (Wildman–Crippen MR) is 99.9 cm³/mol. The van der Waals surface area contributed by atoms with Gasteiger partial charge in [0.2, 0.25) is 11.8 Å². The Hall–Kier alpha value is -3.35. The molecule has 140 valence electrons. The van der Waals surface area contributed by atoms with Crippen molar-refractivity contribution in [3.05, 3.63) is 54.1 Å². The minimum atomic E-state index is -0.938. The molecule has 2 N–H and O–H groups in total. The molecule has 1 unspecified atom stereocenters. The predicted octanol–water partition coefficient (Wildman–Crippen LogP) is 2.31. The van der Waals surface area contributed by atoms with Gasteiger partial charge in [-0.3, -0.25) is 14.4 Å². The summed E-state index contributed by atoms with van der Waals surface area (Å²) >= 11 is 0. The number of carboxylic acid groups (broad SMARTS) is 1. The number of carboxylic acids is 1. The molecule has 2 amide bonds. The second-order valence-corrected chi connectivity index (χ2v) is 6.34. The van der Waals surface area contributed by atoms with Gasteiger partial charge in [0.05, 0.1) is 25.1 Å². The highest BCUT2D eigenvalue weighted by Crippen LogP contribution is 2.33. The van der Waals surface area contributed by atoms with Gasteiger partial charge in [-0.15, -0.1) is 0 Å². The first-order chi connectivity index (χ1) is 13.0. The normalized spacial score (nSPS) is 16.3. The Labute approximate surface area is 156 Å². The summed E-state index contributed by atoms with van der Waals surface area (Å²) in [5.41, 5.74) is 1.75. The van der Waals surface area contributed by atoms with Gasteiger partial charge in [-0.1, -0.05) is 24.3 Å². The number of nitrogens with one attached hydrogen (secondary N) is 1. The fourth-order valence-corrected chi connectivity index (χ4v) is 3.15. The summed E-state index contributed by atoms with van der Waals surface area (Å²) in [6.45, 7) is 0.264. The van der Waals surface area contributed by atoms with Crippen LogP contribution in [-0.2, 0) is 20.8 Å². The van der Waals surface area contributed by atoms with Crippen LogP contribution in [0.15, 0.2) is 48.5 Å². The molecule has 1 fully saturated rings. The number of hydrogen-bond acceptors (Lipinski definition) is 4. The highest BCUT2D eigenvalue weighted by Gasteiger charge is 2.36. The van der Waals surface area contributed by atoms with Gasteiger partial charge in [0, 0.05) is 18.7 Å². The van der Waals surface area contributed by atoms with Crippen molar-refractivity contribution in [3.8, 4) is 5.75 Å². The molecular formula is C20H20N2O5. The smallest absolute Gasteiger partial charge is 0.307 e. The van der Waals surface area contributed by atoms with E-state index in [-0.39, 0.29) is 31.2 Å². The van der Waals surface area contributed by atoms with Gasteiger partial charge in [0.15, 0.2) is 0 Å². The third-order valence-corrected chi connectivity index (χ3v) is 4.42. The molecule has 1 heterocycles. The van der Waals surface area contributed by atoms with Gasteiger partial charge in [0.1, 0.15) is 5.75 Å². The van der Waals surface area contributed by atoms with E-state index in [2.05, 4.69) is 5.32 Å². The van der Waals surface area contributed by atoms with Crippen molar-refractivity contribution in [2.45, 2.75) is 12.8 Å². The molecular weight excluding hydrogens is 348 g/mol. The highest BCUT2D eigenvalue weighted by atomic mass is 16.5. The van der Waals surface area contributed by atoms with Crippen LogP contribution in [0.5, 0.6) is 5.75 Å². The van der Waals surface area contributed by atoms with Crippen molar-refractivity contribution in [2.75, 3.05) is 23.9 Å². The molecule has 1 aliphatic heterocycles. The lowest BCUT2D eigenvalue weighted by molar-refractivity contribution is -0.136. The first-order valence-corrected chi connectivity index (χ1v) is 8.53. The third-order valence-electron chi connectivity index (χ3n) is 4.42. The average Bonchev–Trinajstić information content (AvgIpc) is 3.03. The van der Waals surface area contributed by atoms with Crippen LogP contribution in [-0.4, -0.2) is 36.5 Å². The maximum absolute atomic E-state index is 12.6. The summed E-state index contributed by atoms with van der Waals surface area (Å²) in [7, 11) is 1.54. The van der Waals surface area contributed by atoms with Crippen molar-refractivity contribution >= 4 is 29.2 Å². The molecule has 0 saturated carbocycles. The van der Waals surface area contributed by atoms with E-state index >= 15 is 0 Å². The second kappa shape index (κ2) is 7.90. The Kier molecular flexibility index (Phi) is 5.40. The van der Waals surface area contributed by atoms with Crippen LogP contribution >= 0.6 is 0 Å². The van der Waals surface area contributed by atoms with E-state index in [1.165, 1.54) is 7.11 Å². The van der Waals surface area contributed by atoms with E-state index in [4.69, 9.17) is 9.84 Å². The molecule has 0 spiro atoms. The number of methoxy groups -OCH3 is 1.